The molecule has 0 saturated heterocycles. The van der Waals surface area contributed by atoms with E-state index in [1.165, 1.54) is 22.1 Å². The van der Waals surface area contributed by atoms with E-state index in [2.05, 4.69) is 166 Å². The fourth-order valence-electron chi connectivity index (χ4n) is 7.32. The summed E-state index contributed by atoms with van der Waals surface area (Å²) in [7, 11) is 0. The minimum Gasteiger partial charge on any atom is -0.493 e. The Bertz CT molecular complexity index is 2290. The van der Waals surface area contributed by atoms with Gasteiger partial charge in [0, 0.05) is 50.5 Å². The number of anilines is 6. The maximum atomic E-state index is 4.53. The number of nitrogens with zero attached hydrogens (tertiary/aromatic N) is 5. The molecule has 0 radical (unpaired) electrons. The fraction of sp³-hybridized carbons (Fsp3) is 0. The molecule has 47 heavy (non-hydrogen) atoms. The van der Waals surface area contributed by atoms with Crippen LogP contribution in [0.2, 0.25) is 0 Å². The van der Waals surface area contributed by atoms with E-state index < -0.39 is 0 Å². The predicted octanol–water partition coefficient (Wildman–Crippen LogP) is 7.78. The number of fused-ring (bicyclic) bond motifs is 12. The normalized spacial score (nSPS) is 13.5. The standard InChI is InChI=1S/C40H25BN5.Pt/c1-2-11-28(12-3-1)43-27-44(38-18-9-8-17-37(38)43)29-19-21-33-31-13-4-6-15-35(31)41-36-16-7-5-14-32(36)34-22-20-30(45-24-10-23-42-45)26-40(34)46(41)39(33)25-29;/h1-24,27H;/q-3;. The van der Waals surface area contributed by atoms with Crippen LogP contribution in [-0.2, 0) is 21.1 Å². The molecule has 0 fully saturated rings. The second-order valence-electron chi connectivity index (χ2n) is 11.8. The van der Waals surface area contributed by atoms with Crippen molar-refractivity contribution in [3.05, 3.63) is 165 Å². The molecule has 1 aromatic heterocycles. The van der Waals surface area contributed by atoms with Crippen LogP contribution in [0.25, 0.3) is 27.9 Å². The molecule has 0 spiro atoms. The van der Waals surface area contributed by atoms with E-state index in [4.69, 9.17) is 0 Å². The number of para-hydroxylation sites is 3. The number of hydrogen-bond acceptors (Lipinski definition) is 4. The minimum atomic E-state index is -0.0290. The maximum absolute atomic E-state index is 4.53. The summed E-state index contributed by atoms with van der Waals surface area (Å²) in [5, 5.41) is 4.53. The maximum Gasteiger partial charge on any atom is 0.324 e. The van der Waals surface area contributed by atoms with Crippen LogP contribution in [-0.4, -0.2) is 16.6 Å². The average Bonchev–Trinajstić information content (AvgIpc) is 3.81. The van der Waals surface area contributed by atoms with Crippen LogP contribution in [0.1, 0.15) is 0 Å². The van der Waals surface area contributed by atoms with Crippen molar-refractivity contribution in [1.29, 1.82) is 0 Å². The van der Waals surface area contributed by atoms with Gasteiger partial charge in [0.2, 0.25) is 0 Å². The average molecular weight is 782 g/mol. The van der Waals surface area contributed by atoms with Gasteiger partial charge in [0.1, 0.15) is 0 Å². The topological polar surface area (TPSA) is 27.5 Å². The van der Waals surface area contributed by atoms with E-state index in [1.54, 1.807) is 6.20 Å². The molecule has 10 rings (SSSR count). The second-order valence-corrected chi connectivity index (χ2v) is 11.8. The van der Waals surface area contributed by atoms with Gasteiger partial charge in [-0.15, -0.1) is 47.7 Å². The SMILES string of the molecule is [Pt].[c-]1c(N2[CH-]N(c3ccccc3)c3ccccc32)ccc2c1N1B(c3ccccc3-2)c2ccccc2-c2ccc(-n3cccn3)[c-]c21. The van der Waals surface area contributed by atoms with Gasteiger partial charge in [-0.1, -0.05) is 112 Å². The molecule has 0 atom stereocenters. The Morgan fingerprint density at radius 3 is 1.77 bits per heavy atom. The Balaban J connectivity index is 0.00000302. The summed E-state index contributed by atoms with van der Waals surface area (Å²) in [4.78, 5) is 6.95. The largest absolute Gasteiger partial charge is 0.493 e. The monoisotopic (exact) mass is 781 g/mol. The number of aromatic nitrogens is 2. The Hall–Kier alpha value is -5.32. The van der Waals surface area contributed by atoms with Crippen LogP contribution in [0.15, 0.2) is 146 Å². The van der Waals surface area contributed by atoms with E-state index in [0.717, 1.165) is 50.9 Å². The molecule has 0 N–H and O–H groups in total. The first kappa shape index (κ1) is 27.9. The molecular formula is C40H25BN5Pt-3. The fourth-order valence-corrected chi connectivity index (χ4v) is 7.32. The molecule has 4 heterocycles. The van der Waals surface area contributed by atoms with Crippen molar-refractivity contribution in [3.63, 3.8) is 0 Å². The van der Waals surface area contributed by atoms with Crippen molar-refractivity contribution in [3.8, 4) is 27.9 Å². The zero-order chi connectivity index (χ0) is 30.2. The van der Waals surface area contributed by atoms with E-state index in [-0.39, 0.29) is 27.9 Å². The Morgan fingerprint density at radius 2 is 1.11 bits per heavy atom. The van der Waals surface area contributed by atoms with Crippen LogP contribution in [0, 0.1) is 18.8 Å². The van der Waals surface area contributed by atoms with E-state index in [1.807, 2.05) is 16.9 Å². The van der Waals surface area contributed by atoms with Crippen LogP contribution < -0.4 is 25.5 Å². The van der Waals surface area contributed by atoms with Gasteiger partial charge in [-0.05, 0) is 36.0 Å². The zero-order valence-electron chi connectivity index (χ0n) is 25.1. The predicted molar refractivity (Wildman–Crippen MR) is 187 cm³/mol. The number of hydrogen-bond donors (Lipinski definition) is 0. The van der Waals surface area contributed by atoms with Crippen LogP contribution in [0.3, 0.4) is 0 Å². The summed E-state index contributed by atoms with van der Waals surface area (Å²) in [5.74, 6) is 0. The van der Waals surface area contributed by atoms with Crippen LogP contribution in [0.5, 0.6) is 0 Å². The Labute approximate surface area is 288 Å². The van der Waals surface area contributed by atoms with E-state index in [9.17, 15) is 0 Å². The third-order valence-electron chi connectivity index (χ3n) is 9.33. The first-order valence-corrected chi connectivity index (χ1v) is 15.5. The van der Waals surface area contributed by atoms with Crippen molar-refractivity contribution in [2.24, 2.45) is 0 Å². The van der Waals surface area contributed by atoms with Gasteiger partial charge >= 0.3 is 6.85 Å². The molecule has 0 aliphatic carbocycles. The van der Waals surface area contributed by atoms with Gasteiger partial charge < -0.3 is 14.6 Å². The van der Waals surface area contributed by atoms with Gasteiger partial charge in [0.25, 0.3) is 0 Å². The Morgan fingerprint density at radius 1 is 0.532 bits per heavy atom. The smallest absolute Gasteiger partial charge is 0.324 e. The van der Waals surface area contributed by atoms with Crippen molar-refractivity contribution in [2.75, 3.05) is 14.6 Å². The number of benzene rings is 6. The molecule has 226 valence electrons. The molecule has 5 nitrogen and oxygen atoms in total. The Kier molecular flexibility index (Phi) is 6.48. The third-order valence-corrected chi connectivity index (χ3v) is 9.33. The molecule has 0 unspecified atom stereocenters. The van der Waals surface area contributed by atoms with Gasteiger partial charge in [0.05, 0.1) is 0 Å². The van der Waals surface area contributed by atoms with Gasteiger partial charge in [-0.25, -0.2) is 0 Å². The molecule has 0 saturated carbocycles. The van der Waals surface area contributed by atoms with Crippen molar-refractivity contribution in [2.45, 2.75) is 0 Å². The molecule has 3 aliphatic rings. The minimum absolute atomic E-state index is 0. The molecular weight excluding hydrogens is 756 g/mol. The summed E-state index contributed by atoms with van der Waals surface area (Å²) >= 11 is 0. The summed E-state index contributed by atoms with van der Waals surface area (Å²) < 4.78 is 1.88. The molecule has 0 bridgehead atoms. The first-order chi connectivity index (χ1) is 22.8. The van der Waals surface area contributed by atoms with Crippen molar-refractivity contribution in [1.82, 2.24) is 9.78 Å². The van der Waals surface area contributed by atoms with Gasteiger partial charge in [0.15, 0.2) is 0 Å². The van der Waals surface area contributed by atoms with Gasteiger partial charge in [-0.2, -0.15) is 17.2 Å². The third kappa shape index (κ3) is 4.18. The molecule has 7 aromatic rings. The molecule has 3 aliphatic heterocycles. The molecule has 6 aromatic carbocycles. The summed E-state index contributed by atoms with van der Waals surface area (Å²) in [6, 6.07) is 55.1. The molecule has 0 amide bonds. The summed E-state index contributed by atoms with van der Waals surface area (Å²) in [6.45, 7) is 2.15. The van der Waals surface area contributed by atoms with Crippen molar-refractivity contribution >= 4 is 51.9 Å². The quantitative estimate of drug-likeness (QED) is 0.135. The summed E-state index contributed by atoms with van der Waals surface area (Å²) in [5.41, 5.74) is 14.7. The zero-order valence-corrected chi connectivity index (χ0v) is 27.3. The van der Waals surface area contributed by atoms with Crippen LogP contribution in [0.4, 0.5) is 34.1 Å². The number of rotatable bonds is 3. The summed E-state index contributed by atoms with van der Waals surface area (Å²) in [6.07, 6.45) is 3.77. The second kappa shape index (κ2) is 10.9. The van der Waals surface area contributed by atoms with Gasteiger partial charge in [-0.3, -0.25) is 4.68 Å². The van der Waals surface area contributed by atoms with Crippen molar-refractivity contribution < 1.29 is 21.1 Å². The van der Waals surface area contributed by atoms with Crippen LogP contribution >= 0.6 is 0 Å². The first-order valence-electron chi connectivity index (χ1n) is 15.5. The molecule has 7 heteroatoms. The van der Waals surface area contributed by atoms with E-state index >= 15 is 0 Å². The van der Waals surface area contributed by atoms with E-state index in [0.29, 0.717) is 0 Å².